The van der Waals surface area contributed by atoms with E-state index in [0.717, 1.165) is 17.5 Å². The maximum Gasteiger partial charge on any atom is 0.249 e. The molecule has 30 heavy (non-hydrogen) atoms. The van der Waals surface area contributed by atoms with Crippen molar-refractivity contribution < 1.29 is 14.3 Å². The monoisotopic (exact) mass is 465 g/mol. The molecule has 4 nitrogen and oxygen atoms in total. The molecule has 0 saturated carbocycles. The highest BCUT2D eigenvalue weighted by Crippen LogP contribution is 2.43. The number of benzene rings is 2. The van der Waals surface area contributed by atoms with Gasteiger partial charge < -0.3 is 9.64 Å². The lowest BCUT2D eigenvalue weighted by atomic mass is 9.90. The molecule has 2 aromatic rings. The van der Waals surface area contributed by atoms with E-state index in [-0.39, 0.29) is 41.1 Å². The minimum Gasteiger partial charge on any atom is -0.361 e. The highest BCUT2D eigenvalue weighted by molar-refractivity contribution is 8.14. The number of carbonyl (C=O) groups excluding carboxylic acids is 2. The van der Waals surface area contributed by atoms with E-state index in [0.29, 0.717) is 10.0 Å². The molecule has 0 spiro atoms. The highest BCUT2D eigenvalue weighted by atomic mass is 35.5. The molecule has 1 aliphatic heterocycles. The smallest absolute Gasteiger partial charge is 0.249 e. The summed E-state index contributed by atoms with van der Waals surface area (Å²) in [5, 5.41) is 1.22. The summed E-state index contributed by atoms with van der Waals surface area (Å²) >= 11 is 13.6. The highest BCUT2D eigenvalue weighted by Gasteiger charge is 2.43. The van der Waals surface area contributed by atoms with E-state index in [4.69, 9.17) is 27.9 Å². The molecule has 0 aromatic heterocycles. The van der Waals surface area contributed by atoms with Crippen LogP contribution in [0, 0.1) is 0 Å². The van der Waals surface area contributed by atoms with Gasteiger partial charge in [-0.1, -0.05) is 73.1 Å². The summed E-state index contributed by atoms with van der Waals surface area (Å²) in [5.41, 5.74) is 1.83. The van der Waals surface area contributed by atoms with E-state index in [1.165, 1.54) is 11.8 Å². The molecule has 2 aromatic carbocycles. The van der Waals surface area contributed by atoms with Crippen LogP contribution < -0.4 is 0 Å². The molecule has 7 heteroatoms. The largest absolute Gasteiger partial charge is 0.361 e. The van der Waals surface area contributed by atoms with Gasteiger partial charge in [0.15, 0.2) is 5.12 Å². The van der Waals surface area contributed by atoms with Gasteiger partial charge in [-0.25, -0.2) is 0 Å². The zero-order chi connectivity index (χ0) is 21.8. The molecule has 0 aliphatic carbocycles. The molecule has 1 amide bonds. The van der Waals surface area contributed by atoms with Crippen molar-refractivity contribution in [2.24, 2.45) is 0 Å². The van der Waals surface area contributed by atoms with Crippen molar-refractivity contribution in [3.05, 3.63) is 69.7 Å². The second kappa shape index (κ2) is 10.2. The Labute approximate surface area is 191 Å². The van der Waals surface area contributed by atoms with Crippen molar-refractivity contribution in [2.75, 3.05) is 6.61 Å². The predicted molar refractivity (Wildman–Crippen MR) is 123 cm³/mol. The first-order valence-corrected chi connectivity index (χ1v) is 11.6. The number of carbonyl (C=O) groups is 2. The molecule has 1 saturated heterocycles. The molecular formula is C23H25Cl2NO3S. The Kier molecular flexibility index (Phi) is 7.86. The fourth-order valence-electron chi connectivity index (χ4n) is 4.07. The summed E-state index contributed by atoms with van der Waals surface area (Å²) in [4.78, 5) is 26.8. The molecule has 0 N–H and O–H groups in total. The van der Waals surface area contributed by atoms with Gasteiger partial charge in [-0.05, 0) is 41.8 Å². The Morgan fingerprint density at radius 1 is 1.17 bits per heavy atom. The van der Waals surface area contributed by atoms with Crippen molar-refractivity contribution in [3.63, 3.8) is 0 Å². The van der Waals surface area contributed by atoms with E-state index in [9.17, 15) is 9.59 Å². The average Bonchev–Trinajstić information content (AvgIpc) is 2.70. The van der Waals surface area contributed by atoms with Gasteiger partial charge in [-0.3, -0.25) is 9.59 Å². The van der Waals surface area contributed by atoms with Crippen LogP contribution in [0.5, 0.6) is 0 Å². The summed E-state index contributed by atoms with van der Waals surface area (Å²) < 4.78 is 6.06. The lowest BCUT2D eigenvalue weighted by Crippen LogP contribution is -2.53. The summed E-state index contributed by atoms with van der Waals surface area (Å²) in [5.74, 6) is -0.0870. The van der Waals surface area contributed by atoms with Crippen molar-refractivity contribution in [1.29, 1.82) is 0 Å². The number of morpholine rings is 1. The number of halogens is 2. The number of hydrogen-bond donors (Lipinski definition) is 0. The van der Waals surface area contributed by atoms with Crippen LogP contribution in [0.3, 0.4) is 0 Å². The van der Waals surface area contributed by atoms with Gasteiger partial charge in [0, 0.05) is 28.3 Å². The fraction of sp³-hybridized carbons (Fsp3) is 0.391. The van der Waals surface area contributed by atoms with Crippen LogP contribution in [0.15, 0.2) is 48.5 Å². The van der Waals surface area contributed by atoms with Crippen molar-refractivity contribution >= 4 is 46.0 Å². The van der Waals surface area contributed by atoms with Gasteiger partial charge in [-0.15, -0.1) is 0 Å². The SMILES string of the molecule is CC[C@@H]([C@@H](C)SC(C)=O)N1C(=O)CO[C@H](c2cccc(Cl)c2)[C@H]1c1ccc(Cl)cc1. The summed E-state index contributed by atoms with van der Waals surface area (Å²) in [6, 6.07) is 14.5. The maximum absolute atomic E-state index is 13.1. The van der Waals surface area contributed by atoms with Gasteiger partial charge in [0.25, 0.3) is 0 Å². The number of hydrogen-bond acceptors (Lipinski definition) is 4. The predicted octanol–water partition coefficient (Wildman–Crippen LogP) is 6.08. The zero-order valence-corrected chi connectivity index (χ0v) is 19.5. The number of ether oxygens (including phenoxy) is 1. The Morgan fingerprint density at radius 2 is 1.87 bits per heavy atom. The molecule has 0 radical (unpaired) electrons. The molecule has 4 atom stereocenters. The first kappa shape index (κ1) is 23.1. The number of thioether (sulfide) groups is 1. The maximum atomic E-state index is 13.1. The number of amides is 1. The second-order valence-electron chi connectivity index (χ2n) is 7.37. The average molecular weight is 466 g/mol. The van der Waals surface area contributed by atoms with Crippen LogP contribution in [0.25, 0.3) is 0 Å². The second-order valence-corrected chi connectivity index (χ2v) is 9.80. The van der Waals surface area contributed by atoms with Gasteiger partial charge in [-0.2, -0.15) is 0 Å². The van der Waals surface area contributed by atoms with Crippen molar-refractivity contribution in [2.45, 2.75) is 50.6 Å². The molecular weight excluding hydrogens is 441 g/mol. The molecule has 1 fully saturated rings. The van der Waals surface area contributed by atoms with Crippen LogP contribution in [0.1, 0.15) is 50.5 Å². The molecule has 1 heterocycles. The quantitative estimate of drug-likeness (QED) is 0.518. The fourth-order valence-corrected chi connectivity index (χ4v) is 5.40. The Hall–Kier alpha value is -1.53. The summed E-state index contributed by atoms with van der Waals surface area (Å²) in [6.45, 7) is 5.57. The van der Waals surface area contributed by atoms with Gasteiger partial charge in [0.2, 0.25) is 5.91 Å². The standard InChI is InChI=1S/C23H25Cl2NO3S/c1-4-20(14(2)30-15(3)27)26-21(28)13-29-23(17-6-5-7-19(25)12-17)22(26)16-8-10-18(24)11-9-16/h5-12,14,20,22-23H,4,13H2,1-3H3/t14-,20+,22-,23-/m1/s1. The van der Waals surface area contributed by atoms with E-state index in [1.54, 1.807) is 6.92 Å². The van der Waals surface area contributed by atoms with E-state index < -0.39 is 0 Å². The van der Waals surface area contributed by atoms with Crippen molar-refractivity contribution in [1.82, 2.24) is 4.90 Å². The normalized spacial score (nSPS) is 21.4. The van der Waals surface area contributed by atoms with Gasteiger partial charge in [0.1, 0.15) is 12.7 Å². The lowest BCUT2D eigenvalue weighted by molar-refractivity contribution is -0.163. The topological polar surface area (TPSA) is 46.6 Å². The summed E-state index contributed by atoms with van der Waals surface area (Å²) in [6.07, 6.45) is 0.339. The zero-order valence-electron chi connectivity index (χ0n) is 17.2. The number of rotatable bonds is 6. The minimum atomic E-state index is -0.383. The Balaban J connectivity index is 2.09. The minimum absolute atomic E-state index is 0.0186. The van der Waals surface area contributed by atoms with E-state index in [2.05, 4.69) is 0 Å². The molecule has 1 aliphatic rings. The lowest BCUT2D eigenvalue weighted by Gasteiger charge is -2.46. The Bertz CT molecular complexity index is 906. The molecule has 0 unspecified atom stereocenters. The van der Waals surface area contributed by atoms with Gasteiger partial charge in [0.05, 0.1) is 6.04 Å². The third-order valence-electron chi connectivity index (χ3n) is 5.32. The first-order chi connectivity index (χ1) is 14.3. The van der Waals surface area contributed by atoms with Gasteiger partial charge >= 0.3 is 0 Å². The van der Waals surface area contributed by atoms with Crippen LogP contribution >= 0.6 is 35.0 Å². The third kappa shape index (κ3) is 5.20. The van der Waals surface area contributed by atoms with Crippen molar-refractivity contribution in [3.8, 4) is 0 Å². The van der Waals surface area contributed by atoms with Crippen LogP contribution in [0.2, 0.25) is 10.0 Å². The molecule has 3 rings (SSSR count). The molecule has 160 valence electrons. The van der Waals surface area contributed by atoms with E-state index >= 15 is 0 Å². The van der Waals surface area contributed by atoms with Crippen LogP contribution in [-0.2, 0) is 14.3 Å². The number of nitrogens with zero attached hydrogens (tertiary/aromatic N) is 1. The third-order valence-corrected chi connectivity index (χ3v) is 6.82. The van der Waals surface area contributed by atoms with Crippen LogP contribution in [0.4, 0.5) is 0 Å². The first-order valence-electron chi connectivity index (χ1n) is 9.92. The summed E-state index contributed by atoms with van der Waals surface area (Å²) in [7, 11) is 0. The molecule has 0 bridgehead atoms. The van der Waals surface area contributed by atoms with Crippen LogP contribution in [-0.4, -0.2) is 33.8 Å². The Morgan fingerprint density at radius 3 is 2.47 bits per heavy atom. The van der Waals surface area contributed by atoms with E-state index in [1.807, 2.05) is 67.3 Å².